The van der Waals surface area contributed by atoms with E-state index in [2.05, 4.69) is 50.0 Å². The van der Waals surface area contributed by atoms with E-state index in [0.717, 1.165) is 17.6 Å². The fourth-order valence-corrected chi connectivity index (χ4v) is 4.40. The topological polar surface area (TPSA) is 32.9 Å². The highest BCUT2D eigenvalue weighted by Gasteiger charge is 2.50. The van der Waals surface area contributed by atoms with Gasteiger partial charge in [0.05, 0.1) is 5.69 Å². The van der Waals surface area contributed by atoms with Crippen LogP contribution < -0.4 is 0 Å². The van der Waals surface area contributed by atoms with Gasteiger partial charge in [0.2, 0.25) is 0 Å². The van der Waals surface area contributed by atoms with Gasteiger partial charge in [-0.15, -0.1) is 0 Å². The molecule has 0 unspecified atom stereocenters. The summed E-state index contributed by atoms with van der Waals surface area (Å²) in [6.45, 7) is 6.65. The van der Waals surface area contributed by atoms with Gasteiger partial charge in [-0.2, -0.15) is 0 Å². The second kappa shape index (κ2) is 3.63. The Kier molecular flexibility index (Phi) is 2.17. The fraction of sp³-hybridized carbons (Fsp3) is 0.389. The van der Waals surface area contributed by atoms with Crippen molar-refractivity contribution in [2.24, 2.45) is 11.3 Å². The van der Waals surface area contributed by atoms with E-state index in [0.29, 0.717) is 5.78 Å². The van der Waals surface area contributed by atoms with E-state index in [-0.39, 0.29) is 17.3 Å². The summed E-state index contributed by atoms with van der Waals surface area (Å²) in [7, 11) is 0. The number of Topliss-reactive ketones (excluding diaryl/α,β-unsaturated/α-hetero) is 1. The van der Waals surface area contributed by atoms with E-state index in [1.807, 2.05) is 6.07 Å². The Morgan fingerprint density at radius 3 is 2.80 bits per heavy atom. The van der Waals surface area contributed by atoms with Gasteiger partial charge in [0.1, 0.15) is 0 Å². The predicted octanol–water partition coefficient (Wildman–Crippen LogP) is 4.44. The van der Waals surface area contributed by atoms with Gasteiger partial charge >= 0.3 is 0 Å². The number of carbonyl (C=O) groups excluding carboxylic acids is 1. The van der Waals surface area contributed by atoms with Gasteiger partial charge in [-0.3, -0.25) is 4.79 Å². The predicted molar refractivity (Wildman–Crippen MR) is 81.0 cm³/mol. The van der Waals surface area contributed by atoms with Crippen molar-refractivity contribution in [2.45, 2.75) is 33.1 Å². The molecule has 20 heavy (non-hydrogen) atoms. The molecule has 2 atom stereocenters. The van der Waals surface area contributed by atoms with Gasteiger partial charge in [-0.05, 0) is 30.4 Å². The van der Waals surface area contributed by atoms with Crippen LogP contribution in [0.5, 0.6) is 0 Å². The lowest BCUT2D eigenvalue weighted by atomic mass is 9.64. The number of hydrogen-bond acceptors (Lipinski definition) is 1. The molecule has 102 valence electrons. The van der Waals surface area contributed by atoms with Crippen molar-refractivity contribution >= 4 is 16.7 Å². The zero-order chi connectivity index (χ0) is 14.1. The van der Waals surface area contributed by atoms with Crippen LogP contribution in [0.3, 0.4) is 0 Å². The number of ketones is 1. The molecule has 0 saturated heterocycles. The van der Waals surface area contributed by atoms with E-state index >= 15 is 0 Å². The molecule has 2 heteroatoms. The Balaban J connectivity index is 2.02. The molecule has 2 nitrogen and oxygen atoms in total. The number of carbonyl (C=O) groups is 1. The monoisotopic (exact) mass is 265 g/mol. The molecule has 0 spiro atoms. The molecule has 0 fully saturated rings. The molecule has 0 amide bonds. The van der Waals surface area contributed by atoms with Crippen LogP contribution >= 0.6 is 0 Å². The Labute approximate surface area is 118 Å². The standard InChI is InChI=1S/C18H19NO/c1-10-8-12-14-11-6-4-5-7-13(11)19-16(14)17(20)15(12)18(2,3)9-10/h4-8,12,15,19H,9H2,1-3H3/t12-,15-/m0/s1. The number of para-hydroxylation sites is 1. The van der Waals surface area contributed by atoms with Crippen LogP contribution in [0.15, 0.2) is 35.9 Å². The minimum Gasteiger partial charge on any atom is -0.352 e. The second-order valence-corrected chi connectivity index (χ2v) is 7.01. The lowest BCUT2D eigenvalue weighted by Crippen LogP contribution is -2.34. The van der Waals surface area contributed by atoms with Crippen molar-refractivity contribution in [1.82, 2.24) is 4.98 Å². The molecule has 2 aromatic rings. The first-order chi connectivity index (χ1) is 9.49. The number of H-pyrrole nitrogens is 1. The van der Waals surface area contributed by atoms with Crippen molar-refractivity contribution < 1.29 is 4.79 Å². The van der Waals surface area contributed by atoms with Crippen LogP contribution in [0.1, 0.15) is 49.2 Å². The summed E-state index contributed by atoms with van der Waals surface area (Å²) in [5, 5.41) is 1.21. The van der Waals surface area contributed by atoms with Crippen LogP contribution in [0.2, 0.25) is 0 Å². The summed E-state index contributed by atoms with van der Waals surface area (Å²) in [5.74, 6) is 0.643. The molecule has 1 N–H and O–H groups in total. The number of hydrogen-bond donors (Lipinski definition) is 1. The number of aromatic nitrogens is 1. The maximum atomic E-state index is 12.9. The van der Waals surface area contributed by atoms with Crippen molar-refractivity contribution in [3.05, 3.63) is 47.2 Å². The molecular weight excluding hydrogens is 246 g/mol. The second-order valence-electron chi connectivity index (χ2n) is 7.01. The summed E-state index contributed by atoms with van der Waals surface area (Å²) < 4.78 is 0. The number of benzene rings is 1. The average molecular weight is 265 g/mol. The molecule has 1 heterocycles. The number of allylic oxidation sites excluding steroid dienone is 2. The van der Waals surface area contributed by atoms with Crippen LogP contribution in [0, 0.1) is 11.3 Å². The summed E-state index contributed by atoms with van der Waals surface area (Å²) in [5.41, 5.74) is 4.60. The molecule has 1 aromatic carbocycles. The molecule has 1 aromatic heterocycles. The average Bonchev–Trinajstić information content (AvgIpc) is 2.86. The lowest BCUT2D eigenvalue weighted by Gasteiger charge is -2.38. The van der Waals surface area contributed by atoms with Crippen molar-refractivity contribution in [2.75, 3.05) is 0 Å². The summed E-state index contributed by atoms with van der Waals surface area (Å²) >= 11 is 0. The van der Waals surface area contributed by atoms with Gasteiger partial charge in [0.25, 0.3) is 0 Å². The van der Waals surface area contributed by atoms with Crippen LogP contribution in [-0.2, 0) is 0 Å². The summed E-state index contributed by atoms with van der Waals surface area (Å²) in [4.78, 5) is 16.2. The maximum absolute atomic E-state index is 12.9. The normalized spacial score (nSPS) is 27.4. The van der Waals surface area contributed by atoms with Gasteiger partial charge < -0.3 is 4.98 Å². The highest BCUT2D eigenvalue weighted by atomic mass is 16.1. The quantitative estimate of drug-likeness (QED) is 0.702. The van der Waals surface area contributed by atoms with Crippen molar-refractivity contribution in [1.29, 1.82) is 0 Å². The van der Waals surface area contributed by atoms with Crippen LogP contribution in [0.25, 0.3) is 10.9 Å². The summed E-state index contributed by atoms with van der Waals surface area (Å²) in [6.07, 6.45) is 3.34. The van der Waals surface area contributed by atoms with E-state index < -0.39 is 0 Å². The first kappa shape index (κ1) is 12.0. The number of nitrogens with one attached hydrogen (secondary N) is 1. The Morgan fingerprint density at radius 1 is 1.25 bits per heavy atom. The minimum absolute atomic E-state index is 0.0432. The smallest absolute Gasteiger partial charge is 0.183 e. The number of aromatic amines is 1. The lowest BCUT2D eigenvalue weighted by molar-refractivity contribution is 0.0787. The third-order valence-corrected chi connectivity index (χ3v) is 5.01. The van der Waals surface area contributed by atoms with E-state index in [4.69, 9.17) is 0 Å². The third-order valence-electron chi connectivity index (χ3n) is 5.01. The first-order valence-corrected chi connectivity index (χ1v) is 7.31. The van der Waals surface area contributed by atoms with Crippen LogP contribution in [0.4, 0.5) is 0 Å². The Morgan fingerprint density at radius 2 is 2.00 bits per heavy atom. The molecule has 0 aliphatic heterocycles. The molecule has 0 saturated carbocycles. The van der Waals surface area contributed by atoms with Gasteiger partial charge in [0, 0.05) is 22.7 Å². The highest BCUT2D eigenvalue weighted by Crippen LogP contribution is 2.54. The zero-order valence-corrected chi connectivity index (χ0v) is 12.2. The molecule has 4 rings (SSSR count). The zero-order valence-electron chi connectivity index (χ0n) is 12.2. The van der Waals surface area contributed by atoms with Gasteiger partial charge in [0.15, 0.2) is 5.78 Å². The van der Waals surface area contributed by atoms with Crippen LogP contribution in [-0.4, -0.2) is 10.8 Å². The van der Waals surface area contributed by atoms with E-state index in [9.17, 15) is 4.79 Å². The minimum atomic E-state index is 0.0432. The third kappa shape index (κ3) is 1.37. The number of fused-ring (bicyclic) bond motifs is 5. The first-order valence-electron chi connectivity index (χ1n) is 7.31. The maximum Gasteiger partial charge on any atom is 0.183 e. The fourth-order valence-electron chi connectivity index (χ4n) is 4.40. The van der Waals surface area contributed by atoms with Crippen molar-refractivity contribution in [3.8, 4) is 0 Å². The molecule has 0 bridgehead atoms. The SMILES string of the molecule is CC1=C[C@H]2c3c([nH]c4ccccc34)C(=O)[C@H]2C(C)(C)C1. The molecule has 2 aliphatic carbocycles. The van der Waals surface area contributed by atoms with Crippen molar-refractivity contribution in [3.63, 3.8) is 0 Å². The largest absolute Gasteiger partial charge is 0.352 e. The Bertz CT molecular complexity index is 763. The molecule has 2 aliphatic rings. The molecule has 0 radical (unpaired) electrons. The van der Waals surface area contributed by atoms with Gasteiger partial charge in [-0.1, -0.05) is 43.7 Å². The van der Waals surface area contributed by atoms with E-state index in [1.165, 1.54) is 16.5 Å². The number of rotatable bonds is 0. The molecular formula is C18H19NO. The summed E-state index contributed by atoms with van der Waals surface area (Å²) in [6, 6.07) is 8.26. The van der Waals surface area contributed by atoms with Gasteiger partial charge in [-0.25, -0.2) is 0 Å². The Hall–Kier alpha value is -1.83. The van der Waals surface area contributed by atoms with E-state index in [1.54, 1.807) is 0 Å². The highest BCUT2D eigenvalue weighted by molar-refractivity contribution is 6.08.